The third-order valence-corrected chi connectivity index (χ3v) is 3.05. The van der Waals surface area contributed by atoms with E-state index >= 15 is 0 Å². The normalized spacial score (nSPS) is 19.1. The van der Waals surface area contributed by atoms with E-state index in [9.17, 15) is 9.59 Å². The number of hydrogen-bond acceptors (Lipinski definition) is 4. The molecule has 19 heavy (non-hydrogen) atoms. The van der Waals surface area contributed by atoms with Crippen LogP contribution in [0, 0.1) is 0 Å². The molecular formula is C14H18N2O3. The first-order valence-corrected chi connectivity index (χ1v) is 6.48. The predicted molar refractivity (Wildman–Crippen MR) is 70.6 cm³/mol. The Morgan fingerprint density at radius 2 is 2.16 bits per heavy atom. The second kappa shape index (κ2) is 6.33. The highest BCUT2D eigenvalue weighted by atomic mass is 16.5. The van der Waals surface area contributed by atoms with Crippen LogP contribution in [0.15, 0.2) is 24.3 Å². The Balaban J connectivity index is 1.95. The molecule has 1 atom stereocenters. The van der Waals surface area contributed by atoms with Gasteiger partial charge in [0.1, 0.15) is 5.75 Å². The number of piperidine rings is 1. The van der Waals surface area contributed by atoms with Crippen LogP contribution in [0.25, 0.3) is 0 Å². The van der Waals surface area contributed by atoms with Gasteiger partial charge in [-0.15, -0.1) is 0 Å². The van der Waals surface area contributed by atoms with Crippen LogP contribution in [0.2, 0.25) is 0 Å². The second-order valence-electron chi connectivity index (χ2n) is 4.43. The Morgan fingerprint density at radius 1 is 1.37 bits per heavy atom. The van der Waals surface area contributed by atoms with Crippen molar-refractivity contribution < 1.29 is 14.3 Å². The summed E-state index contributed by atoms with van der Waals surface area (Å²) in [5.41, 5.74) is 1.01. The molecule has 1 aromatic rings. The number of imide groups is 1. The fraction of sp³-hybridized carbons (Fsp3) is 0.429. The molecule has 2 rings (SSSR count). The number of para-hydroxylation sites is 1. The van der Waals surface area contributed by atoms with Gasteiger partial charge in [0.05, 0.1) is 12.6 Å². The van der Waals surface area contributed by atoms with Crippen LogP contribution in [0.1, 0.15) is 25.3 Å². The van der Waals surface area contributed by atoms with Gasteiger partial charge in [-0.2, -0.15) is 0 Å². The molecule has 1 unspecified atom stereocenters. The highest BCUT2D eigenvalue weighted by Crippen LogP contribution is 2.18. The fourth-order valence-corrected chi connectivity index (χ4v) is 2.07. The number of amides is 2. The molecule has 1 saturated heterocycles. The van der Waals surface area contributed by atoms with Crippen molar-refractivity contribution in [1.29, 1.82) is 0 Å². The largest absolute Gasteiger partial charge is 0.494 e. The minimum absolute atomic E-state index is 0.197. The first kappa shape index (κ1) is 13.5. The molecule has 0 aliphatic carbocycles. The summed E-state index contributed by atoms with van der Waals surface area (Å²) in [4.78, 5) is 22.7. The summed E-state index contributed by atoms with van der Waals surface area (Å²) in [6, 6.07) is 7.41. The molecule has 0 aromatic heterocycles. The Hall–Kier alpha value is -1.88. The number of ether oxygens (including phenoxy) is 1. The van der Waals surface area contributed by atoms with E-state index < -0.39 is 0 Å². The maximum Gasteiger partial charge on any atom is 0.243 e. The average molecular weight is 262 g/mol. The summed E-state index contributed by atoms with van der Waals surface area (Å²) in [6.07, 6.45) is 0.929. The summed E-state index contributed by atoms with van der Waals surface area (Å²) in [7, 11) is 0. The van der Waals surface area contributed by atoms with Crippen molar-refractivity contribution >= 4 is 11.8 Å². The number of carbonyl (C=O) groups is 2. The summed E-state index contributed by atoms with van der Waals surface area (Å²) in [6.45, 7) is 3.09. The Bertz CT molecular complexity index is 474. The molecule has 1 fully saturated rings. The fourth-order valence-electron chi connectivity index (χ4n) is 2.07. The van der Waals surface area contributed by atoms with Gasteiger partial charge in [0.15, 0.2) is 0 Å². The molecule has 1 aliphatic rings. The van der Waals surface area contributed by atoms with Crippen LogP contribution in [0.4, 0.5) is 0 Å². The molecular weight excluding hydrogens is 244 g/mol. The van der Waals surface area contributed by atoms with Crippen LogP contribution in [0.5, 0.6) is 5.75 Å². The molecule has 102 valence electrons. The van der Waals surface area contributed by atoms with E-state index in [1.807, 2.05) is 31.2 Å². The summed E-state index contributed by atoms with van der Waals surface area (Å²) in [5.74, 6) is 0.382. The van der Waals surface area contributed by atoms with Gasteiger partial charge in [-0.1, -0.05) is 18.2 Å². The molecule has 0 bridgehead atoms. The zero-order chi connectivity index (χ0) is 13.7. The lowest BCUT2D eigenvalue weighted by Crippen LogP contribution is -2.50. The van der Waals surface area contributed by atoms with Crippen LogP contribution >= 0.6 is 0 Å². The monoisotopic (exact) mass is 262 g/mol. The van der Waals surface area contributed by atoms with Crippen molar-refractivity contribution in [2.24, 2.45) is 0 Å². The van der Waals surface area contributed by atoms with Crippen molar-refractivity contribution in [2.75, 3.05) is 6.61 Å². The third kappa shape index (κ3) is 3.54. The zero-order valence-corrected chi connectivity index (χ0v) is 10.9. The number of benzene rings is 1. The number of nitrogens with one attached hydrogen (secondary N) is 2. The lowest BCUT2D eigenvalue weighted by atomic mass is 10.1. The SMILES string of the molecule is CCOc1ccccc1CNC1CCC(=O)NC1=O. The van der Waals surface area contributed by atoms with E-state index in [1.54, 1.807) is 0 Å². The average Bonchev–Trinajstić information content (AvgIpc) is 2.40. The van der Waals surface area contributed by atoms with Gasteiger partial charge in [0.2, 0.25) is 11.8 Å². The van der Waals surface area contributed by atoms with Crippen molar-refractivity contribution in [1.82, 2.24) is 10.6 Å². The Labute approximate surface area is 112 Å². The van der Waals surface area contributed by atoms with Crippen molar-refractivity contribution in [3.8, 4) is 5.75 Å². The quantitative estimate of drug-likeness (QED) is 0.776. The molecule has 0 spiro atoms. The molecule has 2 N–H and O–H groups in total. The lowest BCUT2D eigenvalue weighted by Gasteiger charge is -2.22. The maximum atomic E-state index is 11.6. The minimum atomic E-state index is -0.313. The number of hydrogen-bond donors (Lipinski definition) is 2. The molecule has 1 aliphatic heterocycles. The van der Waals surface area contributed by atoms with Crippen molar-refractivity contribution in [3.63, 3.8) is 0 Å². The molecule has 0 saturated carbocycles. The van der Waals surface area contributed by atoms with Crippen LogP contribution in [0.3, 0.4) is 0 Å². The highest BCUT2D eigenvalue weighted by molar-refractivity contribution is 6.00. The molecule has 5 heteroatoms. The molecule has 5 nitrogen and oxygen atoms in total. The molecule has 1 aromatic carbocycles. The van der Waals surface area contributed by atoms with Gasteiger partial charge in [-0.25, -0.2) is 0 Å². The minimum Gasteiger partial charge on any atom is -0.494 e. The first-order valence-electron chi connectivity index (χ1n) is 6.48. The molecule has 2 amide bonds. The van der Waals surface area contributed by atoms with E-state index in [-0.39, 0.29) is 17.9 Å². The highest BCUT2D eigenvalue weighted by Gasteiger charge is 2.25. The number of carbonyl (C=O) groups excluding carboxylic acids is 2. The second-order valence-corrected chi connectivity index (χ2v) is 4.43. The van der Waals surface area contributed by atoms with E-state index in [0.29, 0.717) is 26.0 Å². The zero-order valence-electron chi connectivity index (χ0n) is 10.9. The third-order valence-electron chi connectivity index (χ3n) is 3.05. The predicted octanol–water partition coefficient (Wildman–Crippen LogP) is 0.980. The van der Waals surface area contributed by atoms with Crippen molar-refractivity contribution in [3.05, 3.63) is 29.8 Å². The summed E-state index contributed by atoms with van der Waals surface area (Å²) < 4.78 is 5.53. The van der Waals surface area contributed by atoms with E-state index in [1.165, 1.54) is 0 Å². The van der Waals surface area contributed by atoms with Gasteiger partial charge >= 0.3 is 0 Å². The van der Waals surface area contributed by atoms with E-state index in [0.717, 1.165) is 11.3 Å². The topological polar surface area (TPSA) is 67.4 Å². The van der Waals surface area contributed by atoms with Gasteiger partial charge in [-0.3, -0.25) is 14.9 Å². The smallest absolute Gasteiger partial charge is 0.243 e. The van der Waals surface area contributed by atoms with Crippen LogP contribution < -0.4 is 15.4 Å². The standard InChI is InChI=1S/C14H18N2O3/c1-2-19-12-6-4-3-5-10(12)9-15-11-7-8-13(17)16-14(11)18/h3-6,11,15H,2,7-9H2,1H3,(H,16,17,18). The Kier molecular flexibility index (Phi) is 4.52. The molecule has 0 radical (unpaired) electrons. The lowest BCUT2D eigenvalue weighted by molar-refractivity contribution is -0.134. The van der Waals surface area contributed by atoms with Gasteiger partial charge in [0.25, 0.3) is 0 Å². The summed E-state index contributed by atoms with van der Waals surface area (Å²) in [5, 5.41) is 5.50. The van der Waals surface area contributed by atoms with Crippen molar-refractivity contribution in [2.45, 2.75) is 32.4 Å². The first-order chi connectivity index (χ1) is 9.20. The maximum absolute atomic E-state index is 11.6. The number of rotatable bonds is 5. The molecule has 1 heterocycles. The van der Waals surface area contributed by atoms with Gasteiger partial charge in [0, 0.05) is 18.5 Å². The summed E-state index contributed by atoms with van der Waals surface area (Å²) >= 11 is 0. The van der Waals surface area contributed by atoms with Gasteiger partial charge in [-0.05, 0) is 19.4 Å². The van der Waals surface area contributed by atoms with E-state index in [2.05, 4.69) is 10.6 Å². The van der Waals surface area contributed by atoms with Crippen LogP contribution in [-0.2, 0) is 16.1 Å². The Morgan fingerprint density at radius 3 is 2.89 bits per heavy atom. The van der Waals surface area contributed by atoms with Gasteiger partial charge < -0.3 is 10.1 Å². The van der Waals surface area contributed by atoms with E-state index in [4.69, 9.17) is 4.74 Å². The van der Waals surface area contributed by atoms with Crippen LogP contribution in [-0.4, -0.2) is 24.5 Å².